The van der Waals surface area contributed by atoms with Gasteiger partial charge in [0.15, 0.2) is 5.71 Å². The van der Waals surface area contributed by atoms with Gasteiger partial charge in [-0.25, -0.2) is 19.2 Å². The van der Waals surface area contributed by atoms with Gasteiger partial charge in [-0.3, -0.25) is 24.5 Å². The lowest BCUT2D eigenvalue weighted by molar-refractivity contribution is -0.384. The molecular weight excluding hydrogens is 1420 g/mol. The van der Waals surface area contributed by atoms with Gasteiger partial charge in [0.05, 0.1) is 37.8 Å². The van der Waals surface area contributed by atoms with Crippen LogP contribution in [0, 0.1) is 24.0 Å². The molecule has 5 heterocycles. The number of carbonyl (C=O) groups is 7. The van der Waals surface area contributed by atoms with Crippen LogP contribution in [0.2, 0.25) is 0 Å². The zero-order valence-corrected chi connectivity index (χ0v) is 64.0. The second kappa shape index (κ2) is 37.9. The number of hydrogen-bond donors (Lipinski definition) is 0. The molecule has 0 bridgehead atoms. The molecule has 5 aromatic heterocycles. The molecule has 0 amide bonds. The fourth-order valence-electron chi connectivity index (χ4n) is 12.4. The van der Waals surface area contributed by atoms with E-state index in [1.807, 2.05) is 182 Å². The molecule has 0 fully saturated rings. The van der Waals surface area contributed by atoms with E-state index in [0.717, 1.165) is 97.6 Å². The maximum atomic E-state index is 13.7. The molecule has 13 rings (SSSR count). The summed E-state index contributed by atoms with van der Waals surface area (Å²) in [5, 5.41) is 32.4. The molecule has 0 spiro atoms. The predicted octanol–water partition coefficient (Wildman–Crippen LogP) is 18.8. The second-order valence-corrected chi connectivity index (χ2v) is 27.0. The molecular formula is C88H83N9O13S. The lowest BCUT2D eigenvalue weighted by Gasteiger charge is -2.08. The Kier molecular flexibility index (Phi) is 27.4. The molecule has 0 aliphatic carbocycles. The molecule has 13 aromatic rings. The van der Waals surface area contributed by atoms with Crippen LogP contribution in [-0.4, -0.2) is 87.3 Å². The molecule has 23 heteroatoms. The smallest absolute Gasteiger partial charge is 0.334 e. The number of aromatic nitrogens is 4. The molecule has 8 aromatic carbocycles. The molecule has 0 saturated heterocycles. The maximum Gasteiger partial charge on any atom is 0.334 e. The molecule has 0 aliphatic heterocycles. The van der Waals surface area contributed by atoms with Crippen molar-refractivity contribution in [2.75, 3.05) is 0 Å². The van der Waals surface area contributed by atoms with E-state index >= 15 is 0 Å². The lowest BCUT2D eigenvalue weighted by atomic mass is 9.97. The summed E-state index contributed by atoms with van der Waals surface area (Å²) in [6, 6.07) is 63.7. The standard InChI is InChI=1S/C29H28N2O4S.C25H19N3O5.C20H20N2O2.C14H16N2O2/c1-3-4-5-6-11-25(30-35-20(2)32)29(34)24-19-31(26-12-8-7-10-23(24)26)22-16-14-21(15-17-22)28(33)27-13-9-18-36-27;1-16-7-3-4-8-20(16)24(26-33-17(2)29)25(30)22-15-27(23-10-6-5-9-21(22)23)18-11-13-19(14-12-18)28(31)32;1-3-20(23)24-21-18(13-15-9-5-4-6-10-15)17-14-22(2)19-12-8-7-11-16(17)19;1-9-5-6-14-12(7-9)13(8-16(14)4)10(2)15-18-11(3)17/h7-10,12-19H,3-6,11H2,1-2H3;3-15H,1-2H3;4-12,14H,3,13H2,1-2H3;5-8H,1-4H3/b30-25-;26-24+;21-18+;15-10+. The average Bonchev–Trinajstić information content (AvgIpc) is 1.63. The van der Waals surface area contributed by atoms with Crippen LogP contribution in [0.15, 0.2) is 257 Å². The number of ketones is 3. The summed E-state index contributed by atoms with van der Waals surface area (Å²) >= 11 is 1.42. The summed E-state index contributed by atoms with van der Waals surface area (Å²) in [7, 11) is 3.99. The highest BCUT2D eigenvalue weighted by Crippen LogP contribution is 2.31. The van der Waals surface area contributed by atoms with E-state index in [9.17, 15) is 43.7 Å². The van der Waals surface area contributed by atoms with E-state index in [1.165, 1.54) is 49.8 Å². The highest BCUT2D eigenvalue weighted by Gasteiger charge is 2.26. The Labute approximate surface area is 645 Å². The fraction of sp³-hybridized carbons (Fsp3) is 0.193. The second-order valence-electron chi connectivity index (χ2n) is 26.0. The van der Waals surface area contributed by atoms with Crippen LogP contribution < -0.4 is 0 Å². The number of oxime groups is 4. The summed E-state index contributed by atoms with van der Waals surface area (Å²) in [5.41, 5.74) is 14.1. The number of nitrogens with zero attached hydrogens (tertiary/aromatic N) is 9. The van der Waals surface area contributed by atoms with Crippen LogP contribution >= 0.6 is 11.3 Å². The van der Waals surface area contributed by atoms with Crippen molar-refractivity contribution in [1.82, 2.24) is 18.3 Å². The van der Waals surface area contributed by atoms with E-state index in [-0.39, 0.29) is 34.6 Å². The minimum Gasteiger partial charge on any atom is -0.350 e. The Balaban J connectivity index is 0.000000162. The topological polar surface area (TPSA) is 269 Å². The monoisotopic (exact) mass is 1510 g/mol. The van der Waals surface area contributed by atoms with Crippen molar-refractivity contribution in [2.24, 2.45) is 34.7 Å². The first kappa shape index (κ1) is 80.1. The van der Waals surface area contributed by atoms with E-state index in [4.69, 9.17) is 14.5 Å². The van der Waals surface area contributed by atoms with Gasteiger partial charge in [-0.05, 0) is 123 Å². The van der Waals surface area contributed by atoms with Gasteiger partial charge in [-0.1, -0.05) is 181 Å². The summed E-state index contributed by atoms with van der Waals surface area (Å²) in [6.07, 6.45) is 12.7. The number of para-hydroxylation sites is 3. The molecule has 0 radical (unpaired) electrons. The first-order valence-electron chi connectivity index (χ1n) is 36.0. The highest BCUT2D eigenvalue weighted by atomic mass is 32.1. The van der Waals surface area contributed by atoms with Crippen LogP contribution in [0.5, 0.6) is 0 Å². The van der Waals surface area contributed by atoms with Gasteiger partial charge in [0.2, 0.25) is 17.3 Å². The number of unbranched alkanes of at least 4 members (excludes halogenated alkanes) is 3. The number of thiophene rings is 1. The first-order valence-corrected chi connectivity index (χ1v) is 36.8. The summed E-state index contributed by atoms with van der Waals surface area (Å²) in [6.45, 7) is 13.4. The van der Waals surface area contributed by atoms with Gasteiger partial charge in [0.1, 0.15) is 5.71 Å². The summed E-state index contributed by atoms with van der Waals surface area (Å²) < 4.78 is 7.82. The maximum absolute atomic E-state index is 13.7. The SMILES string of the molecule is CC(=O)O/N=C(/C(=O)c1cn(-c2ccc([N+](=O)[O-])cc2)c2ccccc12)c1ccccc1C.CC(=O)O/N=C(\C)c1cn(C)c2ccc(C)cc12.CCC(=O)O/N=C(\Cc1ccccc1)c1cn(C)c2ccccc12.CCCCCC/C(=N/OC(C)=O)C(=O)c1cn(-c2ccc(C(=O)c3cccs3)cc2)c2ccccc12. The predicted molar refractivity (Wildman–Crippen MR) is 435 cm³/mol. The van der Waals surface area contributed by atoms with Crippen LogP contribution in [0.25, 0.3) is 55.0 Å². The Bertz CT molecular complexity index is 5700. The first-order chi connectivity index (χ1) is 53.5. The van der Waals surface area contributed by atoms with Crippen molar-refractivity contribution < 1.29 is 57.8 Å². The lowest BCUT2D eigenvalue weighted by Crippen LogP contribution is -2.18. The number of nitro groups is 1. The van der Waals surface area contributed by atoms with Crippen LogP contribution in [0.3, 0.4) is 0 Å². The van der Waals surface area contributed by atoms with Crippen molar-refractivity contribution in [3.63, 3.8) is 0 Å². The molecule has 564 valence electrons. The number of carbonyl (C=O) groups excluding carboxylic acids is 7. The summed E-state index contributed by atoms with van der Waals surface area (Å²) in [5.74, 6) is -2.63. The normalized spacial score (nSPS) is 11.6. The zero-order chi connectivity index (χ0) is 79.3. The largest absolute Gasteiger partial charge is 0.350 e. The van der Waals surface area contributed by atoms with E-state index in [2.05, 4.69) is 74.2 Å². The summed E-state index contributed by atoms with van der Waals surface area (Å²) in [4.78, 5) is 116. The number of fused-ring (bicyclic) bond motifs is 4. The molecule has 22 nitrogen and oxygen atoms in total. The van der Waals surface area contributed by atoms with Crippen LogP contribution in [0.1, 0.15) is 149 Å². The van der Waals surface area contributed by atoms with Gasteiger partial charge in [0.25, 0.3) is 5.69 Å². The van der Waals surface area contributed by atoms with Gasteiger partial charge < -0.3 is 37.6 Å². The number of rotatable bonds is 24. The van der Waals surface area contributed by atoms with Crippen molar-refractivity contribution in [2.45, 2.75) is 100 Å². The quantitative estimate of drug-likeness (QED) is 0.0136. The zero-order valence-electron chi connectivity index (χ0n) is 63.2. The van der Waals surface area contributed by atoms with Crippen LogP contribution in [-0.2, 0) is 59.0 Å². The molecule has 0 saturated carbocycles. The minimum absolute atomic E-state index is 0.00917. The number of nitro benzene ring substituents is 1. The van der Waals surface area contributed by atoms with Crippen molar-refractivity contribution >= 4 is 125 Å². The fourth-order valence-corrected chi connectivity index (χ4v) is 13.1. The third-order valence-corrected chi connectivity index (χ3v) is 18.8. The van der Waals surface area contributed by atoms with E-state index in [1.54, 1.807) is 60.3 Å². The van der Waals surface area contributed by atoms with E-state index < -0.39 is 28.6 Å². The third-order valence-electron chi connectivity index (χ3n) is 17.9. The Morgan fingerprint density at radius 3 is 1.59 bits per heavy atom. The molecule has 0 aliphatic rings. The number of hydrogen-bond acceptors (Lipinski definition) is 18. The number of Topliss-reactive ketones (excluding diaryl/α,β-unsaturated/α-hetero) is 2. The molecule has 0 N–H and O–H groups in total. The minimum atomic E-state index is -0.637. The Morgan fingerprint density at radius 1 is 0.477 bits per heavy atom. The average molecular weight is 1510 g/mol. The van der Waals surface area contributed by atoms with Crippen molar-refractivity contribution in [1.29, 1.82) is 0 Å². The number of benzene rings is 8. The molecule has 0 unspecified atom stereocenters. The Morgan fingerprint density at radius 2 is 1.01 bits per heavy atom. The number of aryl methyl sites for hydroxylation is 4. The Hall–Kier alpha value is -13.4. The molecule has 111 heavy (non-hydrogen) atoms. The van der Waals surface area contributed by atoms with Gasteiger partial charge >= 0.3 is 23.9 Å². The van der Waals surface area contributed by atoms with Crippen molar-refractivity contribution in [3.8, 4) is 11.4 Å². The van der Waals surface area contributed by atoms with E-state index in [0.29, 0.717) is 63.2 Å². The van der Waals surface area contributed by atoms with Gasteiger partial charge in [0, 0.05) is 156 Å². The highest BCUT2D eigenvalue weighted by molar-refractivity contribution is 7.12. The molecule has 0 atom stereocenters. The van der Waals surface area contributed by atoms with Crippen molar-refractivity contribution in [3.05, 3.63) is 301 Å². The third kappa shape index (κ3) is 20.2. The van der Waals surface area contributed by atoms with Gasteiger partial charge in [-0.2, -0.15) is 0 Å². The number of non-ortho nitro benzene ring substituents is 1. The van der Waals surface area contributed by atoms with Gasteiger partial charge in [-0.15, -0.1) is 11.3 Å². The van der Waals surface area contributed by atoms with Crippen LogP contribution in [0.4, 0.5) is 5.69 Å².